The molecule has 0 aliphatic heterocycles. The number of rotatable bonds is 6. The molecule has 0 bridgehead atoms. The van der Waals surface area contributed by atoms with Gasteiger partial charge in [0.15, 0.2) is 5.78 Å². The van der Waals surface area contributed by atoms with Gasteiger partial charge in [-0.15, -0.1) is 11.3 Å². The second-order valence-electron chi connectivity index (χ2n) is 6.93. The molecule has 0 aliphatic carbocycles. The van der Waals surface area contributed by atoms with Crippen LogP contribution in [0.5, 0.6) is 17.2 Å². The fourth-order valence-corrected chi connectivity index (χ4v) is 4.55. The molecular weight excluding hydrogens is 412 g/mol. The highest BCUT2D eigenvalue weighted by atomic mass is 32.1. The number of aromatic nitrogens is 1. The predicted molar refractivity (Wildman–Crippen MR) is 125 cm³/mol. The number of hydrogen-bond acceptors (Lipinski definition) is 7. The highest BCUT2D eigenvalue weighted by Crippen LogP contribution is 2.43. The van der Waals surface area contributed by atoms with E-state index < -0.39 is 0 Å². The molecule has 0 saturated heterocycles. The van der Waals surface area contributed by atoms with Gasteiger partial charge in [0.2, 0.25) is 0 Å². The van der Waals surface area contributed by atoms with Crippen LogP contribution in [0.25, 0.3) is 32.6 Å². The Labute approximate surface area is 184 Å². The van der Waals surface area contributed by atoms with E-state index in [9.17, 15) is 4.79 Å². The molecule has 0 fully saturated rings. The third-order valence-electron chi connectivity index (χ3n) is 5.10. The fourth-order valence-electron chi connectivity index (χ4n) is 3.53. The van der Waals surface area contributed by atoms with Crippen molar-refractivity contribution in [3.63, 3.8) is 0 Å². The summed E-state index contributed by atoms with van der Waals surface area (Å²) in [5.74, 6) is 2.04. The Morgan fingerprint density at radius 3 is 2.19 bits per heavy atom. The van der Waals surface area contributed by atoms with E-state index in [0.717, 1.165) is 27.8 Å². The first-order chi connectivity index (χ1) is 15.0. The van der Waals surface area contributed by atoms with Gasteiger partial charge in [-0.05, 0) is 47.5 Å². The van der Waals surface area contributed by atoms with Gasteiger partial charge in [0.05, 0.1) is 37.6 Å². The van der Waals surface area contributed by atoms with Crippen molar-refractivity contribution in [2.45, 2.75) is 6.92 Å². The Morgan fingerprint density at radius 1 is 0.903 bits per heavy atom. The number of thiophene rings is 1. The van der Waals surface area contributed by atoms with Gasteiger partial charge in [-0.2, -0.15) is 0 Å². The van der Waals surface area contributed by atoms with E-state index in [1.54, 1.807) is 21.3 Å². The van der Waals surface area contributed by atoms with Crippen LogP contribution in [0.4, 0.5) is 5.69 Å². The van der Waals surface area contributed by atoms with E-state index in [2.05, 4.69) is 0 Å². The van der Waals surface area contributed by atoms with Crippen LogP contribution in [0, 0.1) is 0 Å². The van der Waals surface area contributed by atoms with Gasteiger partial charge in [-0.25, -0.2) is 4.98 Å². The number of pyridine rings is 1. The van der Waals surface area contributed by atoms with Crippen molar-refractivity contribution < 1.29 is 19.0 Å². The average Bonchev–Trinajstić information content (AvgIpc) is 3.14. The number of Topliss-reactive ketones (excluding diaryl/α,β-unsaturated/α-hetero) is 1. The van der Waals surface area contributed by atoms with Gasteiger partial charge in [0, 0.05) is 17.9 Å². The monoisotopic (exact) mass is 434 g/mol. The van der Waals surface area contributed by atoms with Crippen molar-refractivity contribution in [1.29, 1.82) is 0 Å². The Morgan fingerprint density at radius 2 is 1.58 bits per heavy atom. The summed E-state index contributed by atoms with van der Waals surface area (Å²) in [6, 6.07) is 15.2. The van der Waals surface area contributed by atoms with Crippen molar-refractivity contribution in [2.24, 2.45) is 0 Å². The quantitative estimate of drug-likeness (QED) is 0.407. The number of nitrogens with two attached hydrogens (primary N) is 1. The summed E-state index contributed by atoms with van der Waals surface area (Å²) < 4.78 is 16.3. The maximum absolute atomic E-state index is 12.2. The van der Waals surface area contributed by atoms with Gasteiger partial charge in [0.25, 0.3) is 0 Å². The zero-order valence-electron chi connectivity index (χ0n) is 17.7. The van der Waals surface area contributed by atoms with Crippen LogP contribution in [0.15, 0.2) is 48.5 Å². The summed E-state index contributed by atoms with van der Waals surface area (Å²) in [6.45, 7) is 1.51. The summed E-state index contributed by atoms with van der Waals surface area (Å²) in [6.07, 6.45) is 0. The summed E-state index contributed by atoms with van der Waals surface area (Å²) in [5, 5.41) is 0.769. The van der Waals surface area contributed by atoms with E-state index in [4.69, 9.17) is 24.9 Å². The molecule has 0 radical (unpaired) electrons. The standard InChI is InChI=1S/C24H22N2O4S/c1-13(27)23-22(25)21-17(14-5-7-15(28-2)8-6-14)12-19(26-24(21)31-23)18-11-16(29-3)9-10-20(18)30-4/h5-12H,25H2,1-4H3. The van der Waals surface area contributed by atoms with Crippen molar-refractivity contribution >= 4 is 33.0 Å². The number of carbonyl (C=O) groups excluding carboxylic acids is 1. The maximum atomic E-state index is 12.2. The van der Waals surface area contributed by atoms with E-state index >= 15 is 0 Å². The third-order valence-corrected chi connectivity index (χ3v) is 6.30. The minimum absolute atomic E-state index is 0.0818. The molecule has 0 aliphatic rings. The molecule has 0 spiro atoms. The number of ketones is 1. The number of nitrogen functional groups attached to an aromatic ring is 1. The van der Waals surface area contributed by atoms with E-state index in [-0.39, 0.29) is 5.78 Å². The van der Waals surface area contributed by atoms with Crippen molar-refractivity contribution in [3.05, 3.63) is 53.4 Å². The largest absolute Gasteiger partial charge is 0.497 e. The lowest BCUT2D eigenvalue weighted by atomic mass is 9.99. The van der Waals surface area contributed by atoms with Crippen LogP contribution in [0.3, 0.4) is 0 Å². The molecule has 2 aromatic heterocycles. The van der Waals surface area contributed by atoms with Gasteiger partial charge in [-0.1, -0.05) is 12.1 Å². The predicted octanol–water partition coefficient (Wildman–Crippen LogP) is 5.44. The summed E-state index contributed by atoms with van der Waals surface area (Å²) >= 11 is 1.30. The molecule has 2 N–H and O–H groups in total. The van der Waals surface area contributed by atoms with E-state index in [1.807, 2.05) is 48.5 Å². The van der Waals surface area contributed by atoms with Crippen molar-refractivity contribution in [2.75, 3.05) is 27.1 Å². The fraction of sp³-hybridized carbons (Fsp3) is 0.167. The van der Waals surface area contributed by atoms with Gasteiger partial charge in [-0.3, -0.25) is 4.79 Å². The normalized spacial score (nSPS) is 10.8. The van der Waals surface area contributed by atoms with Gasteiger partial charge in [0.1, 0.15) is 22.1 Å². The number of ether oxygens (including phenoxy) is 3. The molecule has 7 heteroatoms. The number of carbonyl (C=O) groups is 1. The lowest BCUT2D eigenvalue weighted by molar-refractivity contribution is 0.102. The molecule has 158 valence electrons. The smallest absolute Gasteiger partial charge is 0.171 e. The lowest BCUT2D eigenvalue weighted by Crippen LogP contribution is -1.96. The highest BCUT2D eigenvalue weighted by molar-refractivity contribution is 7.21. The Kier molecular flexibility index (Phi) is 5.52. The van der Waals surface area contributed by atoms with E-state index in [1.165, 1.54) is 18.3 Å². The van der Waals surface area contributed by atoms with Crippen LogP contribution in [-0.2, 0) is 0 Å². The highest BCUT2D eigenvalue weighted by Gasteiger charge is 2.21. The topological polar surface area (TPSA) is 83.7 Å². The Bertz CT molecular complexity index is 1280. The summed E-state index contributed by atoms with van der Waals surface area (Å²) in [5.41, 5.74) is 10.2. The molecular formula is C24H22N2O4S. The summed E-state index contributed by atoms with van der Waals surface area (Å²) in [4.78, 5) is 18.2. The summed E-state index contributed by atoms with van der Waals surface area (Å²) in [7, 11) is 4.86. The number of anilines is 1. The van der Waals surface area contributed by atoms with Gasteiger partial charge >= 0.3 is 0 Å². The zero-order chi connectivity index (χ0) is 22.1. The molecule has 0 atom stereocenters. The molecule has 6 nitrogen and oxygen atoms in total. The van der Waals surface area contributed by atoms with Crippen LogP contribution in [0.1, 0.15) is 16.6 Å². The van der Waals surface area contributed by atoms with Crippen molar-refractivity contribution in [1.82, 2.24) is 4.98 Å². The molecule has 2 heterocycles. The Balaban J connectivity index is 2.04. The molecule has 4 aromatic rings. The lowest BCUT2D eigenvalue weighted by Gasteiger charge is -2.13. The van der Waals surface area contributed by atoms with Crippen LogP contribution in [-0.4, -0.2) is 32.1 Å². The maximum Gasteiger partial charge on any atom is 0.171 e. The first-order valence-corrected chi connectivity index (χ1v) is 10.4. The van der Waals surface area contributed by atoms with E-state index in [0.29, 0.717) is 32.6 Å². The molecule has 0 unspecified atom stereocenters. The molecule has 4 rings (SSSR count). The Hall–Kier alpha value is -3.58. The SMILES string of the molecule is COc1ccc(-c2cc(-c3cc(OC)ccc3OC)nc3sc(C(C)=O)c(N)c23)cc1. The first kappa shape index (κ1) is 20.7. The number of benzene rings is 2. The second kappa shape index (κ2) is 8.28. The number of methoxy groups -OCH3 is 3. The average molecular weight is 435 g/mol. The molecule has 31 heavy (non-hydrogen) atoms. The number of fused-ring (bicyclic) bond motifs is 1. The van der Waals surface area contributed by atoms with Crippen LogP contribution in [0.2, 0.25) is 0 Å². The molecule has 2 aromatic carbocycles. The number of hydrogen-bond donors (Lipinski definition) is 1. The molecule has 0 amide bonds. The first-order valence-electron chi connectivity index (χ1n) is 9.57. The molecule has 0 saturated carbocycles. The van der Waals surface area contributed by atoms with Crippen LogP contribution < -0.4 is 19.9 Å². The van der Waals surface area contributed by atoms with Crippen LogP contribution >= 0.6 is 11.3 Å². The minimum Gasteiger partial charge on any atom is -0.497 e. The third kappa shape index (κ3) is 3.68. The number of nitrogens with zero attached hydrogens (tertiary/aromatic N) is 1. The minimum atomic E-state index is -0.0818. The van der Waals surface area contributed by atoms with Crippen molar-refractivity contribution in [3.8, 4) is 39.6 Å². The van der Waals surface area contributed by atoms with Gasteiger partial charge < -0.3 is 19.9 Å². The second-order valence-corrected chi connectivity index (χ2v) is 7.93. The zero-order valence-corrected chi connectivity index (χ0v) is 18.5.